The molecule has 0 aliphatic rings. The predicted octanol–water partition coefficient (Wildman–Crippen LogP) is 2.40. The smallest absolute Gasteiger partial charge is 0.251 e. The third-order valence-corrected chi connectivity index (χ3v) is 2.95. The van der Waals surface area contributed by atoms with E-state index < -0.39 is 0 Å². The van der Waals surface area contributed by atoms with E-state index in [1.807, 2.05) is 6.92 Å². The highest BCUT2D eigenvalue weighted by Crippen LogP contribution is 2.19. The predicted molar refractivity (Wildman–Crippen MR) is 72.9 cm³/mol. The van der Waals surface area contributed by atoms with E-state index in [1.165, 1.54) is 6.07 Å². The van der Waals surface area contributed by atoms with Gasteiger partial charge in [-0.2, -0.15) is 0 Å². The summed E-state index contributed by atoms with van der Waals surface area (Å²) in [4.78, 5) is 15.9. The van der Waals surface area contributed by atoms with Gasteiger partial charge in [0, 0.05) is 12.0 Å². The molecule has 1 aromatic carbocycles. The Bertz CT molecular complexity index is 595. The molecule has 2 rings (SSSR count). The summed E-state index contributed by atoms with van der Waals surface area (Å²) in [6.45, 7) is 2.21. The lowest BCUT2D eigenvalue weighted by molar-refractivity contribution is 0.0947. The van der Waals surface area contributed by atoms with Gasteiger partial charge in [-0.05, 0) is 18.2 Å². The Morgan fingerprint density at radius 3 is 2.95 bits per heavy atom. The molecule has 0 saturated heterocycles. The van der Waals surface area contributed by atoms with Crippen LogP contribution < -0.4 is 11.1 Å². The van der Waals surface area contributed by atoms with E-state index in [1.54, 1.807) is 18.3 Å². The fraction of sp³-hybridized carbons (Fsp3) is 0.231. The fourth-order valence-corrected chi connectivity index (χ4v) is 1.65. The first-order valence-electron chi connectivity index (χ1n) is 5.87. The van der Waals surface area contributed by atoms with E-state index in [0.29, 0.717) is 22.2 Å². The monoisotopic (exact) mass is 279 g/mol. The second kappa shape index (κ2) is 5.75. The summed E-state index contributed by atoms with van der Waals surface area (Å²) in [6.07, 6.45) is 2.43. The van der Waals surface area contributed by atoms with Gasteiger partial charge in [0.1, 0.15) is 5.76 Å². The average molecular weight is 280 g/mol. The van der Waals surface area contributed by atoms with Crippen LogP contribution in [-0.4, -0.2) is 10.9 Å². The zero-order chi connectivity index (χ0) is 13.8. The van der Waals surface area contributed by atoms with Gasteiger partial charge in [0.2, 0.25) is 5.89 Å². The lowest BCUT2D eigenvalue weighted by Crippen LogP contribution is -2.23. The van der Waals surface area contributed by atoms with Crippen molar-refractivity contribution in [3.63, 3.8) is 0 Å². The number of hydrogen-bond donors (Lipinski definition) is 2. The molecule has 5 nitrogen and oxygen atoms in total. The highest BCUT2D eigenvalue weighted by atomic mass is 35.5. The van der Waals surface area contributed by atoms with Gasteiger partial charge in [-0.1, -0.05) is 18.5 Å². The molecule has 0 saturated carbocycles. The van der Waals surface area contributed by atoms with Crippen LogP contribution in [0.25, 0.3) is 0 Å². The molecular weight excluding hydrogens is 266 g/mol. The minimum absolute atomic E-state index is 0.237. The molecular formula is C13H14ClN3O2. The number of carbonyl (C=O) groups is 1. The van der Waals surface area contributed by atoms with Gasteiger partial charge in [0.15, 0.2) is 0 Å². The third kappa shape index (κ3) is 3.26. The number of halogens is 1. The first kappa shape index (κ1) is 13.4. The van der Waals surface area contributed by atoms with Crippen LogP contribution in [0.2, 0.25) is 5.02 Å². The number of aryl methyl sites for hydroxylation is 1. The minimum Gasteiger partial charge on any atom is -0.444 e. The van der Waals surface area contributed by atoms with Crippen LogP contribution in [0, 0.1) is 0 Å². The highest BCUT2D eigenvalue weighted by molar-refractivity contribution is 6.33. The van der Waals surface area contributed by atoms with Gasteiger partial charge in [-0.25, -0.2) is 4.98 Å². The minimum atomic E-state index is -0.250. The third-order valence-electron chi connectivity index (χ3n) is 2.61. The zero-order valence-corrected chi connectivity index (χ0v) is 11.2. The molecule has 3 N–H and O–H groups in total. The molecule has 0 aliphatic carbocycles. The van der Waals surface area contributed by atoms with Crippen LogP contribution in [0.1, 0.15) is 28.9 Å². The van der Waals surface area contributed by atoms with Crippen LogP contribution in [0.15, 0.2) is 28.8 Å². The molecule has 1 amide bonds. The molecule has 0 aliphatic heterocycles. The number of nitrogen functional groups attached to an aromatic ring is 1. The number of nitrogens with two attached hydrogens (primary N) is 1. The second-order valence-electron chi connectivity index (χ2n) is 3.99. The molecule has 0 spiro atoms. The standard InChI is InChI=1S/C13H14ClN3O2/c1-2-9-6-16-12(19-9)7-17-13(18)8-3-4-10(14)11(15)5-8/h3-6H,2,7,15H2,1H3,(H,17,18). The van der Waals surface area contributed by atoms with Crippen molar-refractivity contribution >= 4 is 23.2 Å². The van der Waals surface area contributed by atoms with Crippen LogP contribution in [0.5, 0.6) is 0 Å². The molecule has 2 aromatic rings. The van der Waals surface area contributed by atoms with Crippen LogP contribution in [0.3, 0.4) is 0 Å². The average Bonchev–Trinajstić information content (AvgIpc) is 2.87. The largest absolute Gasteiger partial charge is 0.444 e. The fourth-order valence-electron chi connectivity index (χ4n) is 1.54. The number of nitrogens with zero attached hydrogens (tertiary/aromatic N) is 1. The van der Waals surface area contributed by atoms with Gasteiger partial charge < -0.3 is 15.5 Å². The van der Waals surface area contributed by atoms with E-state index in [2.05, 4.69) is 10.3 Å². The van der Waals surface area contributed by atoms with Crippen molar-refractivity contribution in [1.82, 2.24) is 10.3 Å². The van der Waals surface area contributed by atoms with Crippen molar-refractivity contribution in [3.05, 3.63) is 46.6 Å². The van der Waals surface area contributed by atoms with Crippen molar-refractivity contribution in [2.24, 2.45) is 0 Å². The van der Waals surface area contributed by atoms with Gasteiger partial charge in [0.05, 0.1) is 23.5 Å². The van der Waals surface area contributed by atoms with Crippen molar-refractivity contribution in [1.29, 1.82) is 0 Å². The molecule has 6 heteroatoms. The number of benzene rings is 1. The maximum absolute atomic E-state index is 11.9. The number of aromatic nitrogens is 1. The Labute approximate surface area is 115 Å². The summed E-state index contributed by atoms with van der Waals surface area (Å²) in [5.41, 5.74) is 6.47. The number of amides is 1. The van der Waals surface area contributed by atoms with Crippen molar-refractivity contribution < 1.29 is 9.21 Å². The Kier molecular flexibility index (Phi) is 4.06. The number of nitrogens with one attached hydrogen (secondary N) is 1. The Hall–Kier alpha value is -2.01. The first-order chi connectivity index (χ1) is 9.10. The lowest BCUT2D eigenvalue weighted by Gasteiger charge is -2.04. The van der Waals surface area contributed by atoms with E-state index in [9.17, 15) is 4.79 Å². The number of carbonyl (C=O) groups excluding carboxylic acids is 1. The summed E-state index contributed by atoms with van der Waals surface area (Å²) >= 11 is 5.80. The Morgan fingerprint density at radius 2 is 2.32 bits per heavy atom. The van der Waals surface area contributed by atoms with Crippen molar-refractivity contribution in [3.8, 4) is 0 Å². The summed E-state index contributed by atoms with van der Waals surface area (Å²) in [5, 5.41) is 3.13. The quantitative estimate of drug-likeness (QED) is 0.842. The van der Waals surface area contributed by atoms with Crippen LogP contribution in [-0.2, 0) is 13.0 Å². The molecule has 1 heterocycles. The normalized spacial score (nSPS) is 10.4. The molecule has 0 fully saturated rings. The molecule has 0 unspecified atom stereocenters. The van der Waals surface area contributed by atoms with Crippen LogP contribution >= 0.6 is 11.6 Å². The number of oxazole rings is 1. The van der Waals surface area contributed by atoms with E-state index in [4.69, 9.17) is 21.8 Å². The topological polar surface area (TPSA) is 81.2 Å². The lowest BCUT2D eigenvalue weighted by atomic mass is 10.2. The van der Waals surface area contributed by atoms with Crippen molar-refractivity contribution in [2.75, 3.05) is 5.73 Å². The number of hydrogen-bond acceptors (Lipinski definition) is 4. The Balaban J connectivity index is 1.99. The van der Waals surface area contributed by atoms with E-state index in [0.717, 1.165) is 12.2 Å². The highest BCUT2D eigenvalue weighted by Gasteiger charge is 2.09. The molecule has 19 heavy (non-hydrogen) atoms. The summed E-state index contributed by atoms with van der Waals surface area (Å²) in [7, 11) is 0. The summed E-state index contributed by atoms with van der Waals surface area (Å²) in [5.74, 6) is 1.02. The molecule has 100 valence electrons. The van der Waals surface area contributed by atoms with Crippen molar-refractivity contribution in [2.45, 2.75) is 19.9 Å². The van der Waals surface area contributed by atoms with Crippen LogP contribution in [0.4, 0.5) is 5.69 Å². The zero-order valence-electron chi connectivity index (χ0n) is 10.4. The summed E-state index contributed by atoms with van der Waals surface area (Å²) < 4.78 is 5.39. The Morgan fingerprint density at radius 1 is 1.53 bits per heavy atom. The SMILES string of the molecule is CCc1cnc(CNC(=O)c2ccc(Cl)c(N)c2)o1. The molecule has 0 bridgehead atoms. The van der Waals surface area contributed by atoms with Gasteiger partial charge >= 0.3 is 0 Å². The molecule has 0 atom stereocenters. The molecule has 1 aromatic heterocycles. The number of rotatable bonds is 4. The molecule has 0 radical (unpaired) electrons. The van der Waals surface area contributed by atoms with E-state index >= 15 is 0 Å². The first-order valence-corrected chi connectivity index (χ1v) is 6.24. The van der Waals surface area contributed by atoms with Gasteiger partial charge in [-0.15, -0.1) is 0 Å². The van der Waals surface area contributed by atoms with Gasteiger partial charge in [-0.3, -0.25) is 4.79 Å². The number of anilines is 1. The van der Waals surface area contributed by atoms with Gasteiger partial charge in [0.25, 0.3) is 5.91 Å². The second-order valence-corrected chi connectivity index (χ2v) is 4.40. The summed E-state index contributed by atoms with van der Waals surface area (Å²) in [6, 6.07) is 4.73. The van der Waals surface area contributed by atoms with E-state index in [-0.39, 0.29) is 12.5 Å². The maximum Gasteiger partial charge on any atom is 0.251 e. The maximum atomic E-state index is 11.9.